The lowest BCUT2D eigenvalue weighted by molar-refractivity contribution is 0.00705. The molecule has 0 fully saturated rings. The van der Waals surface area contributed by atoms with Crippen LogP contribution in [0.1, 0.15) is 40.2 Å². The number of carbonyl (C=O) groups is 1. The molecule has 5 heteroatoms. The van der Waals surface area contributed by atoms with Gasteiger partial charge in [-0.1, -0.05) is 34.1 Å². The molecular weight excluding hydrogens is 322 g/mol. The standard InChI is InChI=1S/C15H22BrNO3/c1-10(17-13(18)20-14(2,3)4)15(5,19)11-8-6-7-9-12(11)16/h6-10,19H,1-5H3,(H,17,18)/t10-,15-/m1/s1. The topological polar surface area (TPSA) is 58.6 Å². The fourth-order valence-corrected chi connectivity index (χ4v) is 2.42. The maximum Gasteiger partial charge on any atom is 0.407 e. The molecule has 0 heterocycles. The van der Waals surface area contributed by atoms with Crippen LogP contribution >= 0.6 is 15.9 Å². The molecule has 1 amide bonds. The van der Waals surface area contributed by atoms with Crippen molar-refractivity contribution < 1.29 is 14.6 Å². The van der Waals surface area contributed by atoms with Crippen LogP contribution in [0, 0.1) is 0 Å². The SMILES string of the molecule is C[C@@H](NC(=O)OC(C)(C)C)[C@@](C)(O)c1ccccc1Br. The molecule has 2 N–H and O–H groups in total. The van der Waals surface area contributed by atoms with Gasteiger partial charge in [-0.3, -0.25) is 0 Å². The minimum absolute atomic E-state index is 0.504. The fraction of sp³-hybridized carbons (Fsp3) is 0.533. The van der Waals surface area contributed by atoms with Gasteiger partial charge in [0, 0.05) is 4.47 Å². The number of rotatable bonds is 3. The van der Waals surface area contributed by atoms with E-state index in [-0.39, 0.29) is 0 Å². The number of carbonyl (C=O) groups excluding carboxylic acids is 1. The van der Waals surface area contributed by atoms with Crippen LogP contribution in [-0.2, 0) is 10.3 Å². The summed E-state index contributed by atoms with van der Waals surface area (Å²) in [7, 11) is 0. The summed E-state index contributed by atoms with van der Waals surface area (Å²) in [5, 5.41) is 13.4. The van der Waals surface area contributed by atoms with E-state index < -0.39 is 23.3 Å². The molecule has 1 aromatic rings. The molecule has 0 spiro atoms. The summed E-state index contributed by atoms with van der Waals surface area (Å²) in [5.74, 6) is 0. The van der Waals surface area contributed by atoms with E-state index >= 15 is 0 Å². The van der Waals surface area contributed by atoms with Crippen molar-refractivity contribution in [2.75, 3.05) is 0 Å². The molecule has 1 rings (SSSR count). The van der Waals surface area contributed by atoms with Crippen LogP contribution in [0.4, 0.5) is 4.79 Å². The van der Waals surface area contributed by atoms with E-state index in [2.05, 4.69) is 21.2 Å². The predicted molar refractivity (Wildman–Crippen MR) is 82.5 cm³/mol. The summed E-state index contributed by atoms with van der Waals surface area (Å²) in [6.45, 7) is 8.79. The van der Waals surface area contributed by atoms with Gasteiger partial charge < -0.3 is 15.2 Å². The lowest BCUT2D eigenvalue weighted by Crippen LogP contribution is -2.48. The van der Waals surface area contributed by atoms with Crippen molar-refractivity contribution in [3.05, 3.63) is 34.3 Å². The van der Waals surface area contributed by atoms with Crippen LogP contribution in [-0.4, -0.2) is 22.8 Å². The highest BCUT2D eigenvalue weighted by Gasteiger charge is 2.34. The minimum atomic E-state index is -1.21. The molecule has 2 atom stereocenters. The molecule has 20 heavy (non-hydrogen) atoms. The Balaban J connectivity index is 2.83. The lowest BCUT2D eigenvalue weighted by Gasteiger charge is -2.32. The first-order valence-corrected chi connectivity index (χ1v) is 7.30. The first-order chi connectivity index (χ1) is 9.04. The Morgan fingerprint density at radius 2 is 1.85 bits per heavy atom. The van der Waals surface area contributed by atoms with Gasteiger partial charge in [0.25, 0.3) is 0 Å². The maximum atomic E-state index is 11.8. The van der Waals surface area contributed by atoms with Crippen LogP contribution in [0.25, 0.3) is 0 Å². The Morgan fingerprint density at radius 1 is 1.30 bits per heavy atom. The van der Waals surface area contributed by atoms with Crippen molar-refractivity contribution >= 4 is 22.0 Å². The molecule has 0 aliphatic rings. The van der Waals surface area contributed by atoms with Gasteiger partial charge in [-0.05, 0) is 46.2 Å². The van der Waals surface area contributed by atoms with Gasteiger partial charge in [-0.25, -0.2) is 4.79 Å². The molecule has 0 bridgehead atoms. The highest BCUT2D eigenvalue weighted by atomic mass is 79.9. The van der Waals surface area contributed by atoms with Crippen molar-refractivity contribution in [2.45, 2.75) is 51.9 Å². The number of ether oxygens (including phenoxy) is 1. The number of benzene rings is 1. The minimum Gasteiger partial charge on any atom is -0.444 e. The zero-order chi connectivity index (χ0) is 15.6. The Labute approximate surface area is 128 Å². The smallest absolute Gasteiger partial charge is 0.407 e. The molecule has 1 aromatic carbocycles. The first kappa shape index (κ1) is 17.0. The second kappa shape index (κ2) is 6.14. The quantitative estimate of drug-likeness (QED) is 0.881. The summed E-state index contributed by atoms with van der Waals surface area (Å²) in [6, 6.07) is 6.88. The Kier molecular flexibility index (Phi) is 5.21. The Hall–Kier alpha value is -1.07. The second-order valence-electron chi connectivity index (χ2n) is 6.00. The summed E-state index contributed by atoms with van der Waals surface area (Å²) in [5.41, 5.74) is -1.07. The molecular formula is C15H22BrNO3. The van der Waals surface area contributed by atoms with Gasteiger partial charge in [0.05, 0.1) is 6.04 Å². The van der Waals surface area contributed by atoms with Crippen LogP contribution in [0.2, 0.25) is 0 Å². The van der Waals surface area contributed by atoms with Crippen molar-refractivity contribution in [1.29, 1.82) is 0 Å². The molecule has 0 aromatic heterocycles. The van der Waals surface area contributed by atoms with Gasteiger partial charge in [0.15, 0.2) is 0 Å². The van der Waals surface area contributed by atoms with Gasteiger partial charge in [-0.15, -0.1) is 0 Å². The monoisotopic (exact) mass is 343 g/mol. The van der Waals surface area contributed by atoms with Crippen molar-refractivity contribution in [2.24, 2.45) is 0 Å². The van der Waals surface area contributed by atoms with Crippen LogP contribution in [0.5, 0.6) is 0 Å². The average molecular weight is 344 g/mol. The number of aliphatic hydroxyl groups is 1. The second-order valence-corrected chi connectivity index (χ2v) is 6.85. The number of nitrogens with one attached hydrogen (secondary N) is 1. The highest BCUT2D eigenvalue weighted by Crippen LogP contribution is 2.30. The van der Waals surface area contributed by atoms with E-state index in [1.807, 2.05) is 24.3 Å². The summed E-state index contributed by atoms with van der Waals surface area (Å²) in [6.07, 6.45) is -0.544. The van der Waals surface area contributed by atoms with Crippen molar-refractivity contribution in [1.82, 2.24) is 5.32 Å². The van der Waals surface area contributed by atoms with Crippen LogP contribution in [0.3, 0.4) is 0 Å². The molecule has 0 aliphatic heterocycles. The number of hydrogen-bond donors (Lipinski definition) is 2. The third-order valence-electron chi connectivity index (χ3n) is 3.00. The molecule has 4 nitrogen and oxygen atoms in total. The first-order valence-electron chi connectivity index (χ1n) is 6.51. The van der Waals surface area contributed by atoms with E-state index in [4.69, 9.17) is 4.74 Å². The summed E-state index contributed by atoms with van der Waals surface area (Å²) >= 11 is 3.41. The lowest BCUT2D eigenvalue weighted by atomic mass is 9.89. The van der Waals surface area contributed by atoms with Gasteiger partial charge >= 0.3 is 6.09 Å². The molecule has 0 saturated carbocycles. The number of hydrogen-bond acceptors (Lipinski definition) is 3. The molecule has 0 aliphatic carbocycles. The van der Waals surface area contributed by atoms with E-state index in [1.54, 1.807) is 34.6 Å². The Bertz CT molecular complexity index is 480. The maximum absolute atomic E-state index is 11.8. The zero-order valence-electron chi connectivity index (χ0n) is 12.5. The third kappa shape index (κ3) is 4.49. The fourth-order valence-electron chi connectivity index (χ4n) is 1.73. The molecule has 0 unspecified atom stereocenters. The number of alkyl carbamates (subject to hydrolysis) is 1. The molecule has 0 saturated heterocycles. The van der Waals surface area contributed by atoms with Crippen molar-refractivity contribution in [3.8, 4) is 0 Å². The number of halogens is 1. The molecule has 112 valence electrons. The van der Waals surface area contributed by atoms with Gasteiger partial charge in [-0.2, -0.15) is 0 Å². The van der Waals surface area contributed by atoms with Gasteiger partial charge in [0.2, 0.25) is 0 Å². The number of amides is 1. The Morgan fingerprint density at radius 3 is 2.35 bits per heavy atom. The van der Waals surface area contributed by atoms with Crippen molar-refractivity contribution in [3.63, 3.8) is 0 Å². The van der Waals surface area contributed by atoms with E-state index in [0.29, 0.717) is 5.56 Å². The summed E-state index contributed by atoms with van der Waals surface area (Å²) in [4.78, 5) is 11.8. The van der Waals surface area contributed by atoms with E-state index in [0.717, 1.165) is 4.47 Å². The highest BCUT2D eigenvalue weighted by molar-refractivity contribution is 9.10. The van der Waals surface area contributed by atoms with Gasteiger partial charge in [0.1, 0.15) is 11.2 Å². The average Bonchev–Trinajstić information content (AvgIpc) is 2.26. The van der Waals surface area contributed by atoms with Crippen LogP contribution < -0.4 is 5.32 Å². The third-order valence-corrected chi connectivity index (χ3v) is 3.69. The zero-order valence-corrected chi connectivity index (χ0v) is 14.1. The largest absolute Gasteiger partial charge is 0.444 e. The molecule has 0 radical (unpaired) electrons. The predicted octanol–water partition coefficient (Wildman–Crippen LogP) is 3.57. The summed E-state index contributed by atoms with van der Waals surface area (Å²) < 4.78 is 5.99. The normalized spacial score (nSPS) is 16.1. The van der Waals surface area contributed by atoms with Crippen LogP contribution in [0.15, 0.2) is 28.7 Å². The van der Waals surface area contributed by atoms with E-state index in [9.17, 15) is 9.90 Å². The van der Waals surface area contributed by atoms with E-state index in [1.165, 1.54) is 0 Å².